The second-order valence-electron chi connectivity index (χ2n) is 8.33. The molecule has 2 aromatic rings. The molecule has 0 saturated heterocycles. The number of imidazole rings is 1. The molecular weight excluding hydrogens is 324 g/mol. The fourth-order valence-electron chi connectivity index (χ4n) is 4.33. The zero-order valence-corrected chi connectivity index (χ0v) is 15.8. The normalized spacial score (nSPS) is 24.8. The molecule has 2 aliphatic carbocycles. The molecule has 2 aliphatic rings. The van der Waals surface area contributed by atoms with E-state index in [1.54, 1.807) is 0 Å². The summed E-state index contributed by atoms with van der Waals surface area (Å²) >= 11 is 0. The van der Waals surface area contributed by atoms with Gasteiger partial charge in [-0.3, -0.25) is 0 Å². The molecule has 1 atom stereocenters. The number of hydrogen-bond donors (Lipinski definition) is 1. The van der Waals surface area contributed by atoms with Crippen molar-refractivity contribution in [2.75, 3.05) is 5.32 Å². The van der Waals surface area contributed by atoms with E-state index in [2.05, 4.69) is 44.8 Å². The van der Waals surface area contributed by atoms with Gasteiger partial charge in [-0.25, -0.2) is 4.98 Å². The second-order valence-corrected chi connectivity index (χ2v) is 8.33. The van der Waals surface area contributed by atoms with Crippen LogP contribution in [0.15, 0.2) is 6.33 Å². The molecule has 6 heteroatoms. The lowest BCUT2D eigenvalue weighted by atomic mass is 9.80. The number of aromatic nitrogens is 4. The summed E-state index contributed by atoms with van der Waals surface area (Å²) in [7, 11) is 0. The lowest BCUT2D eigenvalue weighted by molar-refractivity contribution is 0.266. The van der Waals surface area contributed by atoms with E-state index >= 15 is 0 Å². The number of hydrogen-bond acceptors (Lipinski definition) is 5. The Hall–Kier alpha value is -2.16. The Morgan fingerprint density at radius 1 is 1.23 bits per heavy atom. The van der Waals surface area contributed by atoms with Crippen LogP contribution in [0.1, 0.15) is 64.6 Å². The molecular formula is C20H28N6. The summed E-state index contributed by atoms with van der Waals surface area (Å²) in [5.74, 6) is 3.20. The third-order valence-electron chi connectivity index (χ3n) is 6.38. The predicted octanol–water partition coefficient (Wildman–Crippen LogP) is 4.12. The third-order valence-corrected chi connectivity index (χ3v) is 6.38. The number of nitrogens with zero attached hydrogens (tertiary/aromatic N) is 5. The van der Waals surface area contributed by atoms with E-state index in [4.69, 9.17) is 0 Å². The van der Waals surface area contributed by atoms with Gasteiger partial charge in [0.25, 0.3) is 0 Å². The van der Waals surface area contributed by atoms with Crippen LogP contribution in [0.3, 0.4) is 0 Å². The minimum absolute atomic E-state index is 0.192. The highest BCUT2D eigenvalue weighted by atomic mass is 15.2. The summed E-state index contributed by atoms with van der Waals surface area (Å²) in [5, 5.41) is 12.8. The van der Waals surface area contributed by atoms with Crippen LogP contribution in [0.2, 0.25) is 0 Å². The quantitative estimate of drug-likeness (QED) is 0.875. The van der Waals surface area contributed by atoms with Crippen LogP contribution < -0.4 is 5.32 Å². The van der Waals surface area contributed by atoms with Gasteiger partial charge in [0.05, 0.1) is 6.33 Å². The van der Waals surface area contributed by atoms with Crippen LogP contribution in [-0.2, 0) is 6.54 Å². The largest absolute Gasteiger partial charge is 0.365 e. The Bertz CT molecular complexity index is 808. The third kappa shape index (κ3) is 3.40. The molecule has 2 heterocycles. The molecule has 138 valence electrons. The van der Waals surface area contributed by atoms with Crippen LogP contribution in [0.5, 0.6) is 0 Å². The molecule has 1 unspecified atom stereocenters. The molecule has 0 aromatic carbocycles. The fourth-order valence-corrected chi connectivity index (χ4v) is 4.33. The molecule has 0 aliphatic heterocycles. The van der Waals surface area contributed by atoms with Crippen molar-refractivity contribution in [2.45, 2.75) is 71.4 Å². The van der Waals surface area contributed by atoms with Gasteiger partial charge in [-0.1, -0.05) is 26.2 Å². The van der Waals surface area contributed by atoms with Crippen molar-refractivity contribution in [2.24, 2.45) is 17.8 Å². The maximum absolute atomic E-state index is 9.28. The zero-order chi connectivity index (χ0) is 18.1. The maximum Gasteiger partial charge on any atom is 0.236 e. The van der Waals surface area contributed by atoms with Crippen LogP contribution in [-0.4, -0.2) is 25.6 Å². The molecule has 0 amide bonds. The SMILES string of the molecule is CC1CCC(Cn2cnc3nc(C#N)nc(NC(C)C4CCC4)c32)CC1. The van der Waals surface area contributed by atoms with E-state index in [0.29, 0.717) is 23.5 Å². The van der Waals surface area contributed by atoms with Gasteiger partial charge in [-0.15, -0.1) is 0 Å². The van der Waals surface area contributed by atoms with Crippen LogP contribution in [0, 0.1) is 29.1 Å². The fraction of sp³-hybridized carbons (Fsp3) is 0.700. The van der Waals surface area contributed by atoms with Crippen LogP contribution in [0.4, 0.5) is 5.82 Å². The Balaban J connectivity index is 1.62. The molecule has 26 heavy (non-hydrogen) atoms. The van der Waals surface area contributed by atoms with Gasteiger partial charge in [0.2, 0.25) is 5.82 Å². The van der Waals surface area contributed by atoms with Gasteiger partial charge in [0, 0.05) is 12.6 Å². The second kappa shape index (κ2) is 7.22. The van der Waals surface area contributed by atoms with Crippen LogP contribution in [0.25, 0.3) is 11.2 Å². The first kappa shape index (κ1) is 17.3. The monoisotopic (exact) mass is 352 g/mol. The van der Waals surface area contributed by atoms with E-state index in [9.17, 15) is 5.26 Å². The van der Waals surface area contributed by atoms with Gasteiger partial charge in [0.15, 0.2) is 11.5 Å². The lowest BCUT2D eigenvalue weighted by Crippen LogP contribution is -2.31. The van der Waals surface area contributed by atoms with Crippen molar-refractivity contribution in [1.29, 1.82) is 5.26 Å². The Morgan fingerprint density at radius 2 is 2.00 bits per heavy atom. The Labute approximate surface area is 155 Å². The Morgan fingerprint density at radius 3 is 2.65 bits per heavy atom. The molecule has 0 bridgehead atoms. The molecule has 0 spiro atoms. The average Bonchev–Trinajstić information content (AvgIpc) is 2.98. The highest BCUT2D eigenvalue weighted by Gasteiger charge is 2.26. The standard InChI is InChI=1S/C20H28N6/c1-13-6-8-15(9-7-13)11-26-12-22-19-18(26)20(25-17(10-21)24-19)23-14(2)16-4-3-5-16/h12-16H,3-9,11H2,1-2H3,(H,23,24,25). The van der Waals surface area contributed by atoms with Gasteiger partial charge >= 0.3 is 0 Å². The summed E-state index contributed by atoms with van der Waals surface area (Å²) in [6.45, 7) is 5.53. The first-order valence-corrected chi connectivity index (χ1v) is 10.0. The van der Waals surface area contributed by atoms with Gasteiger partial charge in [-0.05, 0) is 50.4 Å². The molecule has 2 aromatic heterocycles. The first-order valence-electron chi connectivity index (χ1n) is 10.0. The van der Waals surface area contributed by atoms with Crippen molar-refractivity contribution >= 4 is 17.0 Å². The lowest BCUT2D eigenvalue weighted by Gasteiger charge is -2.32. The van der Waals surface area contributed by atoms with E-state index in [1.165, 1.54) is 44.9 Å². The average molecular weight is 352 g/mol. The summed E-state index contributed by atoms with van der Waals surface area (Å²) < 4.78 is 2.20. The molecule has 1 N–H and O–H groups in total. The van der Waals surface area contributed by atoms with Gasteiger partial charge in [0.1, 0.15) is 11.6 Å². The Kier molecular flexibility index (Phi) is 4.80. The highest BCUT2D eigenvalue weighted by molar-refractivity contribution is 5.83. The molecule has 0 radical (unpaired) electrons. The minimum atomic E-state index is 0.192. The van der Waals surface area contributed by atoms with E-state index < -0.39 is 0 Å². The van der Waals surface area contributed by atoms with Crippen molar-refractivity contribution in [1.82, 2.24) is 19.5 Å². The van der Waals surface area contributed by atoms with E-state index in [0.717, 1.165) is 23.8 Å². The number of nitrogens with one attached hydrogen (secondary N) is 1. The van der Waals surface area contributed by atoms with Crippen molar-refractivity contribution < 1.29 is 0 Å². The highest BCUT2D eigenvalue weighted by Crippen LogP contribution is 2.33. The van der Waals surface area contributed by atoms with Crippen molar-refractivity contribution in [3.63, 3.8) is 0 Å². The molecule has 6 nitrogen and oxygen atoms in total. The summed E-state index contributed by atoms with van der Waals surface area (Å²) in [4.78, 5) is 13.3. The topological polar surface area (TPSA) is 79.4 Å². The van der Waals surface area contributed by atoms with E-state index in [1.807, 2.05) is 6.33 Å². The number of nitriles is 1. The zero-order valence-electron chi connectivity index (χ0n) is 15.8. The molecule has 4 rings (SSSR count). The number of anilines is 1. The molecule has 2 saturated carbocycles. The first-order chi connectivity index (χ1) is 12.6. The summed E-state index contributed by atoms with van der Waals surface area (Å²) in [6, 6.07) is 2.43. The maximum atomic E-state index is 9.28. The predicted molar refractivity (Wildman–Crippen MR) is 102 cm³/mol. The number of fused-ring (bicyclic) bond motifs is 1. The minimum Gasteiger partial charge on any atom is -0.365 e. The molecule has 2 fully saturated rings. The summed E-state index contributed by atoms with van der Waals surface area (Å²) in [5.41, 5.74) is 1.58. The van der Waals surface area contributed by atoms with E-state index in [-0.39, 0.29) is 5.82 Å². The van der Waals surface area contributed by atoms with Gasteiger partial charge in [-0.2, -0.15) is 15.2 Å². The van der Waals surface area contributed by atoms with Crippen molar-refractivity contribution in [3.8, 4) is 6.07 Å². The van der Waals surface area contributed by atoms with Crippen LogP contribution >= 0.6 is 0 Å². The smallest absolute Gasteiger partial charge is 0.236 e. The van der Waals surface area contributed by atoms with Gasteiger partial charge < -0.3 is 9.88 Å². The number of rotatable bonds is 5. The van der Waals surface area contributed by atoms with Crippen molar-refractivity contribution in [3.05, 3.63) is 12.2 Å². The summed E-state index contributed by atoms with van der Waals surface area (Å²) in [6.07, 6.45) is 10.9.